The average Bonchev–Trinajstić information content (AvgIpc) is 2.81. The molecule has 0 bridgehead atoms. The van der Waals surface area contributed by atoms with E-state index in [4.69, 9.17) is 4.74 Å². The molecule has 0 aromatic heterocycles. The third-order valence-corrected chi connectivity index (χ3v) is 7.17. The largest absolute Gasteiger partial charge is 0.364 e. The first kappa shape index (κ1) is 21.7. The Morgan fingerprint density at radius 3 is 2.61 bits per heavy atom. The van der Waals surface area contributed by atoms with Gasteiger partial charge in [-0.25, -0.2) is 0 Å². The highest BCUT2D eigenvalue weighted by atomic mass is 79.9. The van der Waals surface area contributed by atoms with Crippen molar-refractivity contribution < 1.29 is 4.74 Å². The minimum absolute atomic E-state index is 0.188. The molecule has 2 nitrogen and oxygen atoms in total. The minimum atomic E-state index is -0.188. The second-order valence-electron chi connectivity index (χ2n) is 7.47. The third-order valence-electron chi connectivity index (χ3n) is 5.38. The Morgan fingerprint density at radius 1 is 1.06 bits per heavy atom. The monoisotopic (exact) mass is 487 g/mol. The number of nitrogens with zero attached hydrogens (tertiary/aromatic N) is 1. The van der Waals surface area contributed by atoms with Crippen molar-refractivity contribution >= 4 is 24.5 Å². The number of nitriles is 1. The summed E-state index contributed by atoms with van der Waals surface area (Å²) in [6.45, 7) is 2.58. The van der Waals surface area contributed by atoms with E-state index in [1.54, 1.807) is 0 Å². The van der Waals surface area contributed by atoms with Gasteiger partial charge in [-0.15, -0.1) is 0 Å². The molecular weight excluding hydrogens is 465 g/mol. The summed E-state index contributed by atoms with van der Waals surface area (Å²) in [4.78, 5) is 0. The first-order valence-corrected chi connectivity index (χ1v) is 12.3. The van der Waals surface area contributed by atoms with Gasteiger partial charge in [-0.1, -0.05) is 91.0 Å². The zero-order valence-corrected chi connectivity index (χ0v) is 19.9. The van der Waals surface area contributed by atoms with Crippen LogP contribution in [-0.4, -0.2) is 6.16 Å². The lowest BCUT2D eigenvalue weighted by Gasteiger charge is -2.23. The van der Waals surface area contributed by atoms with Gasteiger partial charge in [-0.2, -0.15) is 5.26 Å². The molecule has 0 fully saturated rings. The molecule has 3 aromatic carbocycles. The van der Waals surface area contributed by atoms with E-state index >= 15 is 0 Å². The van der Waals surface area contributed by atoms with Crippen LogP contribution in [-0.2, 0) is 11.3 Å². The van der Waals surface area contributed by atoms with Crippen LogP contribution in [0.15, 0.2) is 94.7 Å². The molecule has 0 saturated carbocycles. The summed E-state index contributed by atoms with van der Waals surface area (Å²) in [7, 11) is 0.764. The molecular formula is C27H23BrNOP. The smallest absolute Gasteiger partial charge is 0.108 e. The van der Waals surface area contributed by atoms with E-state index in [9.17, 15) is 5.26 Å². The third kappa shape index (κ3) is 5.05. The van der Waals surface area contributed by atoms with Gasteiger partial charge in [0, 0.05) is 10.0 Å². The molecule has 0 radical (unpaired) electrons. The fourth-order valence-electron chi connectivity index (χ4n) is 3.74. The van der Waals surface area contributed by atoms with Crippen molar-refractivity contribution in [1.82, 2.24) is 0 Å². The van der Waals surface area contributed by atoms with Crippen molar-refractivity contribution in [3.8, 4) is 17.2 Å². The lowest BCUT2D eigenvalue weighted by atomic mass is 9.92. The van der Waals surface area contributed by atoms with Crippen LogP contribution in [0.4, 0.5) is 0 Å². The molecule has 3 aromatic rings. The fraction of sp³-hybridized carbons (Fsp3) is 0.148. The average molecular weight is 488 g/mol. The number of allylic oxidation sites excluding steroid dienone is 1. The Labute approximate surface area is 194 Å². The van der Waals surface area contributed by atoms with Crippen LogP contribution >= 0.6 is 24.5 Å². The van der Waals surface area contributed by atoms with Gasteiger partial charge in [0.2, 0.25) is 0 Å². The van der Waals surface area contributed by atoms with Crippen molar-refractivity contribution in [2.24, 2.45) is 0 Å². The summed E-state index contributed by atoms with van der Waals surface area (Å²) in [6.07, 6.45) is 5.29. The molecule has 4 rings (SSSR count). The molecule has 0 N–H and O–H groups in total. The van der Waals surface area contributed by atoms with Crippen molar-refractivity contribution in [2.75, 3.05) is 6.16 Å². The molecule has 4 heteroatoms. The zero-order valence-electron chi connectivity index (χ0n) is 17.3. The van der Waals surface area contributed by atoms with Crippen LogP contribution in [0.1, 0.15) is 28.4 Å². The van der Waals surface area contributed by atoms with Gasteiger partial charge in [0.25, 0.3) is 0 Å². The van der Waals surface area contributed by atoms with Gasteiger partial charge >= 0.3 is 0 Å². The van der Waals surface area contributed by atoms with E-state index in [0.29, 0.717) is 12.2 Å². The predicted molar refractivity (Wildman–Crippen MR) is 133 cm³/mol. The van der Waals surface area contributed by atoms with Crippen LogP contribution in [0.25, 0.3) is 11.1 Å². The summed E-state index contributed by atoms with van der Waals surface area (Å²) in [5, 5.41) is 9.72. The quantitative estimate of drug-likeness (QED) is 0.334. The molecule has 2 atom stereocenters. The molecule has 1 aliphatic heterocycles. The van der Waals surface area contributed by atoms with Crippen molar-refractivity contribution in [3.05, 3.63) is 117 Å². The number of halogens is 1. The maximum Gasteiger partial charge on any atom is 0.108 e. The molecule has 0 spiro atoms. The number of rotatable bonds is 6. The summed E-state index contributed by atoms with van der Waals surface area (Å²) in [5.74, 6) is 2.29. The second kappa shape index (κ2) is 10.2. The maximum atomic E-state index is 9.72. The second-order valence-corrected chi connectivity index (χ2v) is 9.43. The van der Waals surface area contributed by atoms with Crippen LogP contribution in [0.3, 0.4) is 0 Å². The maximum absolute atomic E-state index is 9.72. The van der Waals surface area contributed by atoms with Crippen molar-refractivity contribution in [3.63, 3.8) is 0 Å². The Hall–Kier alpha value is -2.50. The Morgan fingerprint density at radius 2 is 1.87 bits per heavy atom. The highest BCUT2D eigenvalue weighted by Gasteiger charge is 2.20. The number of ether oxygens (including phenoxy) is 1. The van der Waals surface area contributed by atoms with Gasteiger partial charge in [0.1, 0.15) is 6.10 Å². The molecule has 31 heavy (non-hydrogen) atoms. The molecule has 0 amide bonds. The highest BCUT2D eigenvalue weighted by molar-refractivity contribution is 9.10. The first-order valence-electron chi connectivity index (χ1n) is 10.2. The predicted octanol–water partition coefficient (Wildman–Crippen LogP) is 7.69. The molecule has 1 heterocycles. The molecule has 0 aliphatic carbocycles. The lowest BCUT2D eigenvalue weighted by Crippen LogP contribution is -2.09. The van der Waals surface area contributed by atoms with Crippen LogP contribution in [0.2, 0.25) is 0 Å². The van der Waals surface area contributed by atoms with Gasteiger partial charge in [0.05, 0.1) is 18.2 Å². The van der Waals surface area contributed by atoms with E-state index in [1.807, 2.05) is 42.5 Å². The number of hydrogen-bond acceptors (Lipinski definition) is 2. The topological polar surface area (TPSA) is 33.0 Å². The summed E-state index contributed by atoms with van der Waals surface area (Å²) in [6, 6.07) is 24.8. The van der Waals surface area contributed by atoms with E-state index in [2.05, 4.69) is 71.2 Å². The van der Waals surface area contributed by atoms with E-state index in [1.165, 1.54) is 5.57 Å². The Balaban J connectivity index is 1.74. The summed E-state index contributed by atoms with van der Waals surface area (Å²) < 4.78 is 7.55. The van der Waals surface area contributed by atoms with E-state index < -0.39 is 0 Å². The van der Waals surface area contributed by atoms with Gasteiger partial charge in [-0.3, -0.25) is 0 Å². The molecule has 0 saturated heterocycles. The minimum Gasteiger partial charge on any atom is -0.364 e. The lowest BCUT2D eigenvalue weighted by molar-refractivity contribution is 0.0661. The Kier molecular flexibility index (Phi) is 7.15. The fourth-order valence-corrected chi connectivity index (χ4v) is 5.00. The summed E-state index contributed by atoms with van der Waals surface area (Å²) in [5.41, 5.74) is 7.22. The number of benzene rings is 3. The van der Waals surface area contributed by atoms with Crippen molar-refractivity contribution in [2.45, 2.75) is 19.6 Å². The number of aryl methyl sites for hydroxylation is 1. The molecule has 1 aliphatic rings. The van der Waals surface area contributed by atoms with Crippen LogP contribution < -0.4 is 0 Å². The highest BCUT2D eigenvalue weighted by Crippen LogP contribution is 2.37. The Bertz CT molecular complexity index is 1190. The number of hydrogen-bond donors (Lipinski definition) is 0. The summed E-state index contributed by atoms with van der Waals surface area (Å²) >= 11 is 3.62. The van der Waals surface area contributed by atoms with Crippen molar-refractivity contribution in [1.29, 1.82) is 5.26 Å². The molecule has 154 valence electrons. The van der Waals surface area contributed by atoms with Crippen LogP contribution in [0.5, 0.6) is 0 Å². The van der Waals surface area contributed by atoms with E-state index in [-0.39, 0.29) is 6.10 Å². The standard InChI is InChI=1S/C27H23BrNOP/c1-19-7-2-4-10-24(19)25-15-20(12-13-21(25)16-29)27(23-9-6-14-31-18-23)30-17-22-8-3-5-11-26(22)28/h2-13,15,18,27,31H,14,17H2,1H3. The SMILES string of the molecule is Cc1ccccc1-c1cc(C(OCc2ccccc2Br)C2=CPCC=C2)ccc1C#N. The van der Waals surface area contributed by atoms with Gasteiger partial charge in [-0.05, 0) is 59.1 Å². The van der Waals surface area contributed by atoms with Gasteiger partial charge < -0.3 is 4.74 Å². The first-order chi connectivity index (χ1) is 15.2. The normalized spacial score (nSPS) is 14.8. The zero-order chi connectivity index (χ0) is 21.6. The van der Waals surface area contributed by atoms with Crippen LogP contribution in [0, 0.1) is 18.3 Å². The van der Waals surface area contributed by atoms with Gasteiger partial charge in [0.15, 0.2) is 0 Å². The van der Waals surface area contributed by atoms with E-state index in [0.717, 1.165) is 47.0 Å². The molecule has 2 unspecified atom stereocenters.